The van der Waals surface area contributed by atoms with Gasteiger partial charge in [0.15, 0.2) is 0 Å². The molecule has 0 aliphatic heterocycles. The van der Waals surface area contributed by atoms with Crippen molar-refractivity contribution in [3.8, 4) is 0 Å². The highest BCUT2D eigenvalue weighted by atomic mass is 79.9. The van der Waals surface area contributed by atoms with Crippen molar-refractivity contribution in [2.45, 2.75) is 4.90 Å². The third kappa shape index (κ3) is 2.01. The second kappa shape index (κ2) is 3.83. The molecule has 0 N–H and O–H groups in total. The van der Waals surface area contributed by atoms with Crippen LogP contribution in [0.2, 0.25) is 0 Å². The zero-order valence-corrected chi connectivity index (χ0v) is 8.19. The molecule has 0 aliphatic carbocycles. The zero-order valence-electron chi connectivity index (χ0n) is 5.79. The van der Waals surface area contributed by atoms with Crippen LogP contribution >= 0.6 is 15.9 Å². The lowest BCUT2D eigenvalue weighted by Gasteiger charge is -1.97. The van der Waals surface area contributed by atoms with Crippen molar-refractivity contribution < 1.29 is 4.21 Å². The molecular formula is C8H7BrOS. The smallest absolute Gasteiger partial charge is 0.0781 e. The highest BCUT2D eigenvalue weighted by molar-refractivity contribution is 9.10. The summed E-state index contributed by atoms with van der Waals surface area (Å²) in [6, 6.07) is 7.40. The van der Waals surface area contributed by atoms with Gasteiger partial charge in [-0.25, -0.2) is 4.21 Å². The molecule has 0 radical (unpaired) electrons. The van der Waals surface area contributed by atoms with Crippen molar-refractivity contribution in [1.29, 1.82) is 0 Å². The molecule has 1 aromatic carbocycles. The largest absolute Gasteiger partial charge is 0.250 e. The second-order valence-electron chi connectivity index (χ2n) is 1.89. The van der Waals surface area contributed by atoms with Gasteiger partial charge in [0.1, 0.15) is 0 Å². The van der Waals surface area contributed by atoms with E-state index in [1.54, 1.807) is 0 Å². The molecule has 1 atom stereocenters. The van der Waals surface area contributed by atoms with Crippen LogP contribution < -0.4 is 0 Å². The van der Waals surface area contributed by atoms with Gasteiger partial charge in [0.05, 0.1) is 15.7 Å². The summed E-state index contributed by atoms with van der Waals surface area (Å²) in [5.74, 6) is 0. The summed E-state index contributed by atoms with van der Waals surface area (Å²) in [5, 5.41) is 1.42. The molecule has 0 saturated heterocycles. The first-order chi connectivity index (χ1) is 5.25. The molecular weight excluding hydrogens is 224 g/mol. The molecule has 3 heteroatoms. The molecule has 0 fully saturated rings. The summed E-state index contributed by atoms with van der Waals surface area (Å²) in [4.78, 5) is 0.766. The van der Waals surface area contributed by atoms with E-state index in [-0.39, 0.29) is 0 Å². The van der Waals surface area contributed by atoms with Crippen LogP contribution in [0.15, 0.2) is 45.6 Å². The maximum absolute atomic E-state index is 11.2. The van der Waals surface area contributed by atoms with Gasteiger partial charge >= 0.3 is 0 Å². The lowest BCUT2D eigenvalue weighted by molar-refractivity contribution is 0.688. The highest BCUT2D eigenvalue weighted by Crippen LogP contribution is 2.19. The number of hydrogen-bond acceptors (Lipinski definition) is 1. The predicted octanol–water partition coefficient (Wildman–Crippen LogP) is 2.70. The van der Waals surface area contributed by atoms with Crippen LogP contribution in [0.1, 0.15) is 0 Å². The van der Waals surface area contributed by atoms with E-state index in [1.165, 1.54) is 5.41 Å². The van der Waals surface area contributed by atoms with Crippen LogP contribution in [0, 0.1) is 0 Å². The fourth-order valence-electron chi connectivity index (χ4n) is 0.698. The van der Waals surface area contributed by atoms with Gasteiger partial charge in [-0.3, -0.25) is 0 Å². The molecule has 0 saturated carbocycles. The maximum atomic E-state index is 11.2. The van der Waals surface area contributed by atoms with Crippen molar-refractivity contribution in [3.05, 3.63) is 40.7 Å². The Bertz CT molecular complexity index is 296. The standard InChI is InChI=1S/C8H7BrOS/c1-2-11(10)8-6-4-3-5-7(8)9/h2-6H,1H2. The summed E-state index contributed by atoms with van der Waals surface area (Å²) >= 11 is 3.30. The van der Waals surface area contributed by atoms with Gasteiger partial charge in [-0.2, -0.15) is 0 Å². The van der Waals surface area contributed by atoms with Crippen molar-refractivity contribution in [2.75, 3.05) is 0 Å². The zero-order chi connectivity index (χ0) is 8.27. The lowest BCUT2D eigenvalue weighted by Crippen LogP contribution is -1.85. The highest BCUT2D eigenvalue weighted by Gasteiger charge is 2.01. The van der Waals surface area contributed by atoms with Crippen LogP contribution in [0.25, 0.3) is 0 Å². The third-order valence-electron chi connectivity index (χ3n) is 1.20. The van der Waals surface area contributed by atoms with Gasteiger partial charge in [0.25, 0.3) is 0 Å². The Morgan fingerprint density at radius 1 is 1.45 bits per heavy atom. The molecule has 11 heavy (non-hydrogen) atoms. The van der Waals surface area contributed by atoms with Gasteiger partial charge in [0, 0.05) is 9.88 Å². The Hall–Kier alpha value is -0.410. The summed E-state index contributed by atoms with van der Waals surface area (Å²) in [5.41, 5.74) is 0. The molecule has 58 valence electrons. The summed E-state index contributed by atoms with van der Waals surface area (Å²) in [6.07, 6.45) is 0. The maximum Gasteiger partial charge on any atom is 0.0781 e. The third-order valence-corrected chi connectivity index (χ3v) is 3.25. The minimum atomic E-state index is -1.08. The SMILES string of the molecule is C=CS(=O)c1ccccc1Br. The predicted molar refractivity (Wildman–Crippen MR) is 50.7 cm³/mol. The minimum absolute atomic E-state index is 0.766. The first kappa shape index (κ1) is 8.68. The number of rotatable bonds is 2. The molecule has 1 unspecified atom stereocenters. The summed E-state index contributed by atoms with van der Waals surface area (Å²) < 4.78 is 12.1. The normalized spacial score (nSPS) is 12.5. The van der Waals surface area contributed by atoms with Crippen LogP contribution in [-0.2, 0) is 10.8 Å². The molecule has 1 rings (SSSR count). The van der Waals surface area contributed by atoms with Crippen molar-refractivity contribution in [1.82, 2.24) is 0 Å². The second-order valence-corrected chi connectivity index (χ2v) is 4.12. The average Bonchev–Trinajstić information content (AvgIpc) is 2.04. The van der Waals surface area contributed by atoms with Crippen LogP contribution in [0.4, 0.5) is 0 Å². The van der Waals surface area contributed by atoms with Gasteiger partial charge in [0.2, 0.25) is 0 Å². The number of benzene rings is 1. The monoisotopic (exact) mass is 230 g/mol. The fourth-order valence-corrected chi connectivity index (χ4v) is 2.11. The van der Waals surface area contributed by atoms with Crippen molar-refractivity contribution in [2.24, 2.45) is 0 Å². The van der Waals surface area contributed by atoms with E-state index < -0.39 is 10.8 Å². The molecule has 0 bridgehead atoms. The molecule has 1 nitrogen and oxygen atoms in total. The molecule has 0 heterocycles. The quantitative estimate of drug-likeness (QED) is 0.764. The van der Waals surface area contributed by atoms with Gasteiger partial charge in [-0.05, 0) is 28.1 Å². The van der Waals surface area contributed by atoms with E-state index in [9.17, 15) is 4.21 Å². The van der Waals surface area contributed by atoms with Crippen LogP contribution in [0.3, 0.4) is 0 Å². The Balaban J connectivity index is 3.13. The van der Waals surface area contributed by atoms with Crippen molar-refractivity contribution in [3.63, 3.8) is 0 Å². The Labute approximate surface area is 76.7 Å². The van der Waals surface area contributed by atoms with Gasteiger partial charge in [-0.1, -0.05) is 18.7 Å². The first-order valence-electron chi connectivity index (χ1n) is 3.03. The Kier molecular flexibility index (Phi) is 3.02. The van der Waals surface area contributed by atoms with E-state index in [1.807, 2.05) is 24.3 Å². The first-order valence-corrected chi connectivity index (χ1v) is 5.04. The van der Waals surface area contributed by atoms with E-state index in [0.29, 0.717) is 0 Å². The lowest BCUT2D eigenvalue weighted by atomic mass is 10.4. The Morgan fingerprint density at radius 3 is 2.64 bits per heavy atom. The minimum Gasteiger partial charge on any atom is -0.250 e. The van der Waals surface area contributed by atoms with Crippen molar-refractivity contribution >= 4 is 26.7 Å². The van der Waals surface area contributed by atoms with Crippen LogP contribution in [0.5, 0.6) is 0 Å². The van der Waals surface area contributed by atoms with E-state index in [2.05, 4.69) is 22.5 Å². The molecule has 0 spiro atoms. The van der Waals surface area contributed by atoms with E-state index >= 15 is 0 Å². The number of halogens is 1. The molecule has 1 aromatic rings. The van der Waals surface area contributed by atoms with Crippen LogP contribution in [-0.4, -0.2) is 4.21 Å². The average molecular weight is 231 g/mol. The molecule has 0 aromatic heterocycles. The van der Waals surface area contributed by atoms with E-state index in [0.717, 1.165) is 9.37 Å². The van der Waals surface area contributed by atoms with Gasteiger partial charge < -0.3 is 0 Å². The number of hydrogen-bond donors (Lipinski definition) is 0. The topological polar surface area (TPSA) is 17.1 Å². The summed E-state index contributed by atoms with van der Waals surface area (Å²) in [7, 11) is -1.08. The molecule has 0 amide bonds. The van der Waals surface area contributed by atoms with Gasteiger partial charge in [-0.15, -0.1) is 0 Å². The summed E-state index contributed by atoms with van der Waals surface area (Å²) in [6.45, 7) is 3.46. The van der Waals surface area contributed by atoms with E-state index in [4.69, 9.17) is 0 Å². The fraction of sp³-hybridized carbons (Fsp3) is 0. The molecule has 0 aliphatic rings. The Morgan fingerprint density at radius 2 is 2.09 bits per heavy atom.